The van der Waals surface area contributed by atoms with E-state index in [1.54, 1.807) is 11.4 Å². The first-order valence-corrected chi connectivity index (χ1v) is 9.59. The first-order valence-electron chi connectivity index (χ1n) is 9.59. The van der Waals surface area contributed by atoms with E-state index in [0.29, 0.717) is 0 Å². The number of hydrogen-bond donors (Lipinski definition) is 0. The molecule has 1 aromatic carbocycles. The van der Waals surface area contributed by atoms with Crippen LogP contribution >= 0.6 is 0 Å². The predicted molar refractivity (Wildman–Crippen MR) is 113 cm³/mol. The number of carbonyl (C=O) groups excluding carboxylic acids is 1. The van der Waals surface area contributed by atoms with Crippen molar-refractivity contribution in [3.8, 4) is 11.1 Å². The van der Waals surface area contributed by atoms with E-state index in [4.69, 9.17) is 0 Å². The van der Waals surface area contributed by atoms with Crippen LogP contribution in [0.5, 0.6) is 0 Å². The average molecular weight is 374 g/mol. The van der Waals surface area contributed by atoms with Crippen molar-refractivity contribution in [1.29, 1.82) is 0 Å². The smallest absolute Gasteiger partial charge is 0.161 e. The van der Waals surface area contributed by atoms with Crippen LogP contribution < -0.4 is 0 Å². The Morgan fingerprint density at radius 2 is 1.82 bits per heavy atom. The van der Waals surface area contributed by atoms with Crippen molar-refractivity contribution in [2.24, 2.45) is 5.41 Å². The van der Waals surface area contributed by atoms with Crippen LogP contribution in [-0.2, 0) is 6.54 Å². The molecule has 4 rings (SSSR count). The second-order valence-electron chi connectivity index (χ2n) is 8.91. The van der Waals surface area contributed by atoms with Crippen molar-refractivity contribution in [2.45, 2.75) is 48.1 Å². The van der Waals surface area contributed by atoms with Crippen LogP contribution in [0.25, 0.3) is 27.7 Å². The number of fused-ring (bicyclic) bond motifs is 2. The Balaban J connectivity index is 1.93. The highest BCUT2D eigenvalue weighted by Crippen LogP contribution is 2.33. The molecule has 0 aliphatic heterocycles. The van der Waals surface area contributed by atoms with Crippen molar-refractivity contribution in [1.82, 2.24) is 19.2 Å². The Bertz CT molecular complexity index is 1220. The van der Waals surface area contributed by atoms with E-state index in [-0.39, 0.29) is 11.2 Å². The summed E-state index contributed by atoms with van der Waals surface area (Å²) in [5.41, 5.74) is 6.98. The third-order valence-electron chi connectivity index (χ3n) is 4.96. The summed E-state index contributed by atoms with van der Waals surface area (Å²) < 4.78 is 4.03. The fraction of sp³-hybridized carbons (Fsp3) is 0.348. The molecule has 28 heavy (non-hydrogen) atoms. The van der Waals surface area contributed by atoms with Crippen LogP contribution in [-0.4, -0.2) is 24.9 Å². The Kier molecular flexibility index (Phi) is 4.14. The fourth-order valence-corrected chi connectivity index (χ4v) is 3.88. The Morgan fingerprint density at radius 3 is 2.50 bits per heavy atom. The summed E-state index contributed by atoms with van der Waals surface area (Å²) in [6.07, 6.45) is 5.87. The van der Waals surface area contributed by atoms with Crippen molar-refractivity contribution in [3.05, 3.63) is 53.6 Å². The van der Waals surface area contributed by atoms with E-state index in [9.17, 15) is 4.79 Å². The summed E-state index contributed by atoms with van der Waals surface area (Å²) in [4.78, 5) is 16.9. The molecule has 4 aromatic rings. The maximum absolute atomic E-state index is 12.3. The molecule has 3 aromatic heterocycles. The van der Waals surface area contributed by atoms with Gasteiger partial charge in [-0.2, -0.15) is 5.10 Å². The molecule has 0 aliphatic carbocycles. The van der Waals surface area contributed by atoms with Gasteiger partial charge in [0.15, 0.2) is 11.4 Å². The minimum atomic E-state index is 0.0884. The monoisotopic (exact) mass is 374 g/mol. The molecule has 5 heteroatoms. The topological polar surface area (TPSA) is 52.2 Å². The standard InChI is InChI=1S/C23H26N4O/c1-14-7-17(18-10-24-21-8-15(2)25-27(21)11-18)9-19-20(16(3)28)12-26(22(14)19)13-23(4,5)6/h7-12H,13H2,1-6H3. The van der Waals surface area contributed by atoms with Gasteiger partial charge in [0.25, 0.3) is 0 Å². The zero-order valence-electron chi connectivity index (χ0n) is 17.4. The van der Waals surface area contributed by atoms with Gasteiger partial charge in [-0.05, 0) is 49.4 Å². The van der Waals surface area contributed by atoms with Gasteiger partial charge < -0.3 is 4.57 Å². The maximum Gasteiger partial charge on any atom is 0.161 e. The van der Waals surface area contributed by atoms with Gasteiger partial charge in [-0.15, -0.1) is 0 Å². The number of aryl methyl sites for hydroxylation is 2. The van der Waals surface area contributed by atoms with Crippen molar-refractivity contribution < 1.29 is 4.79 Å². The number of rotatable bonds is 3. The molecule has 0 unspecified atom stereocenters. The molecule has 144 valence electrons. The molecule has 0 saturated heterocycles. The van der Waals surface area contributed by atoms with E-state index in [2.05, 4.69) is 54.5 Å². The van der Waals surface area contributed by atoms with Crippen LogP contribution in [0.3, 0.4) is 0 Å². The molecule has 0 bridgehead atoms. The first-order chi connectivity index (χ1) is 13.1. The minimum absolute atomic E-state index is 0.0884. The van der Waals surface area contributed by atoms with Crippen LogP contribution in [0.4, 0.5) is 0 Å². The van der Waals surface area contributed by atoms with Crippen LogP contribution in [0.15, 0.2) is 36.8 Å². The third-order valence-corrected chi connectivity index (χ3v) is 4.96. The van der Waals surface area contributed by atoms with Crippen LogP contribution in [0.2, 0.25) is 0 Å². The SMILES string of the molecule is CC(=O)c1cn(CC(C)(C)C)c2c(C)cc(-c3cnc4cc(C)nn4c3)cc12. The first kappa shape index (κ1) is 18.4. The summed E-state index contributed by atoms with van der Waals surface area (Å²) >= 11 is 0. The van der Waals surface area contributed by atoms with Crippen molar-refractivity contribution in [3.63, 3.8) is 0 Å². The van der Waals surface area contributed by atoms with Crippen molar-refractivity contribution >= 4 is 22.3 Å². The van der Waals surface area contributed by atoms with Gasteiger partial charge in [0, 0.05) is 47.7 Å². The molecule has 0 amide bonds. The number of carbonyl (C=O) groups is 1. The van der Waals surface area contributed by atoms with Gasteiger partial charge in [0.2, 0.25) is 0 Å². The van der Waals surface area contributed by atoms with Gasteiger partial charge in [0.1, 0.15) is 0 Å². The average Bonchev–Trinajstić information content (AvgIpc) is 3.12. The zero-order valence-corrected chi connectivity index (χ0v) is 17.4. The molecule has 0 aliphatic rings. The van der Waals surface area contributed by atoms with E-state index in [0.717, 1.165) is 51.0 Å². The zero-order chi connectivity index (χ0) is 20.2. The highest BCUT2D eigenvalue weighted by molar-refractivity contribution is 6.08. The molecule has 5 nitrogen and oxygen atoms in total. The summed E-state index contributed by atoms with van der Waals surface area (Å²) in [6.45, 7) is 13.2. The highest BCUT2D eigenvalue weighted by atomic mass is 16.1. The van der Waals surface area contributed by atoms with E-state index < -0.39 is 0 Å². The number of hydrogen-bond acceptors (Lipinski definition) is 3. The third kappa shape index (κ3) is 3.21. The van der Waals surface area contributed by atoms with E-state index in [1.807, 2.05) is 31.6 Å². The number of Topliss-reactive ketones (excluding diaryl/α,β-unsaturated/α-hetero) is 1. The largest absolute Gasteiger partial charge is 0.346 e. The second kappa shape index (κ2) is 6.30. The lowest BCUT2D eigenvalue weighted by molar-refractivity contribution is 0.101. The minimum Gasteiger partial charge on any atom is -0.346 e. The van der Waals surface area contributed by atoms with Gasteiger partial charge in [-0.25, -0.2) is 9.50 Å². The summed E-state index contributed by atoms with van der Waals surface area (Å²) in [5.74, 6) is 0.0884. The van der Waals surface area contributed by atoms with E-state index >= 15 is 0 Å². The lowest BCUT2D eigenvalue weighted by Gasteiger charge is -2.20. The van der Waals surface area contributed by atoms with Gasteiger partial charge >= 0.3 is 0 Å². The summed E-state index contributed by atoms with van der Waals surface area (Å²) in [7, 11) is 0. The van der Waals surface area contributed by atoms with Gasteiger partial charge in [-0.1, -0.05) is 20.8 Å². The highest BCUT2D eigenvalue weighted by Gasteiger charge is 2.19. The van der Waals surface area contributed by atoms with Gasteiger partial charge in [-0.3, -0.25) is 4.79 Å². The van der Waals surface area contributed by atoms with Crippen molar-refractivity contribution in [2.75, 3.05) is 0 Å². The fourth-order valence-electron chi connectivity index (χ4n) is 3.88. The molecular weight excluding hydrogens is 348 g/mol. The molecule has 0 saturated carbocycles. The normalized spacial score (nSPS) is 12.2. The quantitative estimate of drug-likeness (QED) is 0.462. The molecular formula is C23H26N4O. The number of aromatic nitrogens is 4. The second-order valence-corrected chi connectivity index (χ2v) is 8.91. The number of benzene rings is 1. The Hall–Kier alpha value is -2.95. The van der Waals surface area contributed by atoms with Crippen LogP contribution in [0.1, 0.15) is 49.3 Å². The predicted octanol–water partition coefficient (Wildman–Crippen LogP) is 5.22. The summed E-state index contributed by atoms with van der Waals surface area (Å²) in [5, 5.41) is 5.47. The summed E-state index contributed by atoms with van der Waals surface area (Å²) in [6, 6.07) is 6.24. The lowest BCUT2D eigenvalue weighted by Crippen LogP contribution is -2.15. The molecule has 0 radical (unpaired) electrons. The Morgan fingerprint density at radius 1 is 1.07 bits per heavy atom. The lowest BCUT2D eigenvalue weighted by atomic mass is 9.96. The molecule has 0 spiro atoms. The van der Waals surface area contributed by atoms with Gasteiger partial charge in [0.05, 0.1) is 11.2 Å². The maximum atomic E-state index is 12.3. The molecule has 0 N–H and O–H groups in total. The molecule has 0 atom stereocenters. The Labute approximate surface area is 165 Å². The van der Waals surface area contributed by atoms with E-state index in [1.165, 1.54) is 0 Å². The molecule has 3 heterocycles. The number of ketones is 1. The number of nitrogens with zero attached hydrogens (tertiary/aromatic N) is 4. The van der Waals surface area contributed by atoms with Crippen LogP contribution in [0, 0.1) is 19.3 Å². The molecule has 0 fully saturated rings.